The van der Waals surface area contributed by atoms with Crippen molar-refractivity contribution in [3.63, 3.8) is 0 Å². The van der Waals surface area contributed by atoms with Gasteiger partial charge in [0, 0.05) is 17.8 Å². The van der Waals surface area contributed by atoms with Gasteiger partial charge in [0.15, 0.2) is 19.0 Å². The van der Waals surface area contributed by atoms with Crippen LogP contribution in [0.4, 0.5) is 5.69 Å². The van der Waals surface area contributed by atoms with Crippen LogP contribution in [-0.4, -0.2) is 31.1 Å². The largest absolute Gasteiger partial charge is 0.619 e. The van der Waals surface area contributed by atoms with E-state index in [4.69, 9.17) is 9.47 Å². The zero-order valence-corrected chi connectivity index (χ0v) is 14.1. The number of carbonyl (C=O) groups is 3. The quantitative estimate of drug-likeness (QED) is 0.458. The molecule has 2 aromatic rings. The van der Waals surface area contributed by atoms with E-state index < -0.39 is 24.5 Å². The van der Waals surface area contributed by atoms with Crippen LogP contribution in [0.3, 0.4) is 0 Å². The van der Waals surface area contributed by atoms with Crippen LogP contribution in [0.15, 0.2) is 48.8 Å². The number of benzene rings is 1. The minimum absolute atomic E-state index is 0.167. The van der Waals surface area contributed by atoms with Crippen LogP contribution in [0.5, 0.6) is 0 Å². The Balaban J connectivity index is 1.82. The molecule has 0 unspecified atom stereocenters. The second-order valence-electron chi connectivity index (χ2n) is 5.28. The van der Waals surface area contributed by atoms with Gasteiger partial charge in [0.05, 0.1) is 17.7 Å². The standard InChI is InChI=1S/C18H18N2O6/c1-2-11-25-17(22)13-3-5-15(6-4-13)19-16(21)12-26-18(23)14-7-9-20(24)10-8-14/h3-10H,2,11-12H2,1H3,(H,19,21). The first kappa shape index (κ1) is 18.9. The van der Waals surface area contributed by atoms with Crippen LogP contribution < -0.4 is 10.0 Å². The maximum absolute atomic E-state index is 11.8. The van der Waals surface area contributed by atoms with E-state index in [-0.39, 0.29) is 5.56 Å². The minimum atomic E-state index is -0.713. The number of ether oxygens (including phenoxy) is 2. The van der Waals surface area contributed by atoms with Crippen molar-refractivity contribution in [1.82, 2.24) is 0 Å². The molecule has 1 aromatic carbocycles. The number of carbonyl (C=O) groups excluding carboxylic acids is 3. The Kier molecular flexibility index (Phi) is 6.67. The zero-order chi connectivity index (χ0) is 18.9. The van der Waals surface area contributed by atoms with Crippen LogP contribution in [-0.2, 0) is 14.3 Å². The van der Waals surface area contributed by atoms with Crippen molar-refractivity contribution < 1.29 is 28.6 Å². The van der Waals surface area contributed by atoms with E-state index in [2.05, 4.69) is 5.32 Å². The number of nitrogens with zero attached hydrogens (tertiary/aromatic N) is 1. The molecule has 0 aliphatic heterocycles. The molecule has 0 aliphatic carbocycles. The van der Waals surface area contributed by atoms with Gasteiger partial charge in [-0.05, 0) is 30.7 Å². The van der Waals surface area contributed by atoms with Gasteiger partial charge in [-0.25, -0.2) is 9.59 Å². The Hall–Kier alpha value is -3.42. The summed E-state index contributed by atoms with van der Waals surface area (Å²) in [5, 5.41) is 13.4. The van der Waals surface area contributed by atoms with E-state index in [0.29, 0.717) is 22.6 Å². The molecule has 0 fully saturated rings. The monoisotopic (exact) mass is 358 g/mol. The van der Waals surface area contributed by atoms with E-state index in [1.807, 2.05) is 6.92 Å². The highest BCUT2D eigenvalue weighted by molar-refractivity contribution is 5.96. The predicted molar refractivity (Wildman–Crippen MR) is 91.3 cm³/mol. The number of amides is 1. The number of esters is 2. The summed E-state index contributed by atoms with van der Waals surface area (Å²) in [7, 11) is 0. The fourth-order valence-corrected chi connectivity index (χ4v) is 1.93. The smallest absolute Gasteiger partial charge is 0.339 e. The van der Waals surface area contributed by atoms with Crippen molar-refractivity contribution in [1.29, 1.82) is 0 Å². The maximum Gasteiger partial charge on any atom is 0.339 e. The summed E-state index contributed by atoms with van der Waals surface area (Å²) in [5.74, 6) is -1.68. The van der Waals surface area contributed by atoms with Crippen molar-refractivity contribution >= 4 is 23.5 Å². The number of rotatable bonds is 7. The number of aromatic nitrogens is 1. The molecule has 2 rings (SSSR count). The molecule has 0 saturated carbocycles. The summed E-state index contributed by atoms with van der Waals surface area (Å²) in [6, 6.07) is 8.75. The van der Waals surface area contributed by atoms with Crippen LogP contribution in [0.2, 0.25) is 0 Å². The van der Waals surface area contributed by atoms with Gasteiger partial charge in [-0.1, -0.05) is 6.92 Å². The third-order valence-electron chi connectivity index (χ3n) is 3.21. The second-order valence-corrected chi connectivity index (χ2v) is 5.28. The van der Waals surface area contributed by atoms with Crippen molar-refractivity contribution in [3.8, 4) is 0 Å². The molecule has 1 heterocycles. The molecule has 0 atom stereocenters. The summed E-state index contributed by atoms with van der Waals surface area (Å²) < 4.78 is 10.4. The summed E-state index contributed by atoms with van der Waals surface area (Å²) in [6.45, 7) is 1.76. The van der Waals surface area contributed by atoms with E-state index >= 15 is 0 Å². The first-order valence-electron chi connectivity index (χ1n) is 7.92. The SMILES string of the molecule is CCCOC(=O)c1ccc(NC(=O)COC(=O)c2cc[n+]([O-])cc2)cc1. The highest BCUT2D eigenvalue weighted by Gasteiger charge is 2.12. The third-order valence-corrected chi connectivity index (χ3v) is 3.21. The molecule has 8 nitrogen and oxygen atoms in total. The molecule has 1 amide bonds. The van der Waals surface area contributed by atoms with Gasteiger partial charge in [-0.15, -0.1) is 0 Å². The average molecular weight is 358 g/mol. The lowest BCUT2D eigenvalue weighted by Gasteiger charge is -2.08. The van der Waals surface area contributed by atoms with Gasteiger partial charge >= 0.3 is 11.9 Å². The second kappa shape index (κ2) is 9.16. The Morgan fingerprint density at radius 2 is 1.54 bits per heavy atom. The van der Waals surface area contributed by atoms with Crippen LogP contribution in [0.1, 0.15) is 34.1 Å². The number of pyridine rings is 1. The van der Waals surface area contributed by atoms with Gasteiger partial charge in [-0.3, -0.25) is 4.79 Å². The summed E-state index contributed by atoms with van der Waals surface area (Å²) >= 11 is 0. The minimum Gasteiger partial charge on any atom is -0.619 e. The molecule has 0 saturated heterocycles. The number of nitrogens with one attached hydrogen (secondary N) is 1. The maximum atomic E-state index is 11.8. The van der Waals surface area contributed by atoms with E-state index in [1.54, 1.807) is 12.1 Å². The van der Waals surface area contributed by atoms with Gasteiger partial charge < -0.3 is 20.0 Å². The van der Waals surface area contributed by atoms with Gasteiger partial charge in [0.25, 0.3) is 5.91 Å². The van der Waals surface area contributed by atoms with Gasteiger partial charge in [-0.2, -0.15) is 4.73 Å². The Morgan fingerprint density at radius 1 is 0.962 bits per heavy atom. The predicted octanol–water partition coefficient (Wildman–Crippen LogP) is 1.68. The number of anilines is 1. The third kappa shape index (κ3) is 5.59. The lowest BCUT2D eigenvalue weighted by atomic mass is 10.2. The highest BCUT2D eigenvalue weighted by Crippen LogP contribution is 2.11. The van der Waals surface area contributed by atoms with Crippen LogP contribution >= 0.6 is 0 Å². The Morgan fingerprint density at radius 3 is 2.15 bits per heavy atom. The molecule has 1 N–H and O–H groups in total. The zero-order valence-electron chi connectivity index (χ0n) is 14.1. The van der Waals surface area contributed by atoms with Crippen molar-refractivity contribution in [2.24, 2.45) is 0 Å². The summed E-state index contributed by atoms with van der Waals surface area (Å²) in [4.78, 5) is 35.3. The molecular formula is C18H18N2O6. The number of hydrogen-bond donors (Lipinski definition) is 1. The fourth-order valence-electron chi connectivity index (χ4n) is 1.93. The molecule has 0 radical (unpaired) electrons. The molecule has 0 bridgehead atoms. The van der Waals surface area contributed by atoms with Gasteiger partial charge in [0.1, 0.15) is 0 Å². The van der Waals surface area contributed by atoms with Gasteiger partial charge in [0.2, 0.25) is 0 Å². The molecule has 1 aromatic heterocycles. The molecule has 0 spiro atoms. The molecule has 136 valence electrons. The van der Waals surface area contributed by atoms with Crippen LogP contribution in [0, 0.1) is 5.21 Å². The van der Waals surface area contributed by atoms with E-state index in [0.717, 1.165) is 18.8 Å². The van der Waals surface area contributed by atoms with Crippen molar-refractivity contribution in [2.45, 2.75) is 13.3 Å². The Labute approximate surface area is 149 Å². The van der Waals surface area contributed by atoms with Crippen molar-refractivity contribution in [2.75, 3.05) is 18.5 Å². The lowest BCUT2D eigenvalue weighted by molar-refractivity contribution is -0.605. The van der Waals surface area contributed by atoms with E-state index in [1.165, 1.54) is 24.3 Å². The lowest BCUT2D eigenvalue weighted by Crippen LogP contribution is -2.25. The fraction of sp³-hybridized carbons (Fsp3) is 0.222. The number of hydrogen-bond acceptors (Lipinski definition) is 6. The van der Waals surface area contributed by atoms with E-state index in [9.17, 15) is 19.6 Å². The summed E-state index contributed by atoms with van der Waals surface area (Å²) in [6.07, 6.45) is 3.05. The topological polar surface area (TPSA) is 109 Å². The average Bonchev–Trinajstić information content (AvgIpc) is 2.65. The first-order chi connectivity index (χ1) is 12.5. The van der Waals surface area contributed by atoms with Crippen LogP contribution in [0.25, 0.3) is 0 Å². The van der Waals surface area contributed by atoms with Crippen molar-refractivity contribution in [3.05, 3.63) is 65.1 Å². The summed E-state index contributed by atoms with van der Waals surface area (Å²) in [5.41, 5.74) is 0.993. The molecule has 26 heavy (non-hydrogen) atoms. The normalized spacial score (nSPS) is 10.0. The molecular weight excluding hydrogens is 340 g/mol. The first-order valence-corrected chi connectivity index (χ1v) is 7.92. The highest BCUT2D eigenvalue weighted by atomic mass is 16.5. The Bertz CT molecular complexity index is 771. The molecule has 0 aliphatic rings. The molecule has 8 heteroatoms.